The molecule has 0 spiro atoms. The third-order valence-electron chi connectivity index (χ3n) is 4.02. The molecule has 1 aromatic carbocycles. The zero-order chi connectivity index (χ0) is 12.8. The van der Waals surface area contributed by atoms with Gasteiger partial charge in [-0.1, -0.05) is 19.1 Å². The molecule has 0 bridgehead atoms. The first kappa shape index (κ1) is 12.1. The van der Waals surface area contributed by atoms with Crippen molar-refractivity contribution in [2.24, 2.45) is 11.8 Å². The van der Waals surface area contributed by atoms with Crippen LogP contribution in [0.5, 0.6) is 0 Å². The van der Waals surface area contributed by atoms with Gasteiger partial charge in [-0.05, 0) is 49.0 Å². The van der Waals surface area contributed by atoms with E-state index in [1.165, 1.54) is 0 Å². The van der Waals surface area contributed by atoms with Gasteiger partial charge in [0.15, 0.2) is 0 Å². The van der Waals surface area contributed by atoms with Gasteiger partial charge in [-0.25, -0.2) is 13.1 Å². The number of sulfonamides is 1. The van der Waals surface area contributed by atoms with Crippen molar-refractivity contribution >= 4 is 10.0 Å². The summed E-state index contributed by atoms with van der Waals surface area (Å²) in [5.74, 6) is 0.990. The largest absolute Gasteiger partial charge is 0.316 e. The molecule has 98 valence electrons. The van der Waals surface area contributed by atoms with E-state index in [4.69, 9.17) is 0 Å². The number of benzene rings is 1. The molecule has 2 atom stereocenters. The van der Waals surface area contributed by atoms with Crippen LogP contribution in [-0.4, -0.2) is 27.5 Å². The molecule has 2 fully saturated rings. The summed E-state index contributed by atoms with van der Waals surface area (Å²) in [5, 5.41) is 3.26. The van der Waals surface area contributed by atoms with E-state index in [1.807, 2.05) is 12.1 Å². The van der Waals surface area contributed by atoms with Gasteiger partial charge >= 0.3 is 0 Å². The Bertz CT molecular complexity index is 529. The normalized spacial score (nSPS) is 30.2. The minimum Gasteiger partial charge on any atom is -0.316 e. The lowest BCUT2D eigenvalue weighted by atomic mass is 10.2. The second-order valence-corrected chi connectivity index (χ2v) is 6.84. The van der Waals surface area contributed by atoms with Crippen molar-refractivity contribution in [1.29, 1.82) is 0 Å². The summed E-state index contributed by atoms with van der Waals surface area (Å²) in [6.45, 7) is 3.93. The molecule has 0 amide bonds. The number of hydrogen-bond acceptors (Lipinski definition) is 3. The van der Waals surface area contributed by atoms with E-state index in [-0.39, 0.29) is 6.04 Å². The van der Waals surface area contributed by atoms with Crippen LogP contribution in [0.25, 0.3) is 0 Å². The Morgan fingerprint density at radius 3 is 2.39 bits per heavy atom. The molecule has 2 unspecified atom stereocenters. The smallest absolute Gasteiger partial charge is 0.240 e. The monoisotopic (exact) mass is 266 g/mol. The number of fused-ring (bicyclic) bond motifs is 1. The summed E-state index contributed by atoms with van der Waals surface area (Å²) in [6, 6.07) is 7.28. The molecule has 1 heterocycles. The Morgan fingerprint density at radius 2 is 1.83 bits per heavy atom. The van der Waals surface area contributed by atoms with Crippen LogP contribution in [0, 0.1) is 11.8 Å². The molecule has 0 radical (unpaired) electrons. The van der Waals surface area contributed by atoms with Crippen LogP contribution in [-0.2, 0) is 16.4 Å². The van der Waals surface area contributed by atoms with Gasteiger partial charge in [0, 0.05) is 6.04 Å². The Hall–Kier alpha value is -0.910. The first-order chi connectivity index (χ1) is 8.62. The van der Waals surface area contributed by atoms with Crippen molar-refractivity contribution in [1.82, 2.24) is 10.0 Å². The Kier molecular flexibility index (Phi) is 2.92. The summed E-state index contributed by atoms with van der Waals surface area (Å²) in [5.41, 5.74) is 1.15. The van der Waals surface area contributed by atoms with Gasteiger partial charge in [0.25, 0.3) is 0 Å². The molecular weight excluding hydrogens is 248 g/mol. The number of piperidine rings is 1. The van der Waals surface area contributed by atoms with Crippen LogP contribution >= 0.6 is 0 Å². The second kappa shape index (κ2) is 4.33. The molecule has 3 rings (SSSR count). The van der Waals surface area contributed by atoms with Gasteiger partial charge in [-0.2, -0.15) is 0 Å². The van der Waals surface area contributed by atoms with Gasteiger partial charge in [0.05, 0.1) is 4.90 Å². The third kappa shape index (κ3) is 2.06. The average molecular weight is 266 g/mol. The molecule has 18 heavy (non-hydrogen) atoms. The highest BCUT2D eigenvalue weighted by Crippen LogP contribution is 2.42. The number of nitrogens with one attached hydrogen (secondary N) is 2. The van der Waals surface area contributed by atoms with Crippen LogP contribution in [0.1, 0.15) is 12.5 Å². The minimum absolute atomic E-state index is 0.141. The molecule has 0 aromatic heterocycles. The summed E-state index contributed by atoms with van der Waals surface area (Å²) < 4.78 is 27.2. The molecule has 2 N–H and O–H groups in total. The first-order valence-electron chi connectivity index (χ1n) is 6.44. The highest BCUT2D eigenvalue weighted by Gasteiger charge is 2.54. The summed E-state index contributed by atoms with van der Waals surface area (Å²) >= 11 is 0. The van der Waals surface area contributed by atoms with Crippen molar-refractivity contribution in [3.63, 3.8) is 0 Å². The van der Waals surface area contributed by atoms with E-state index in [2.05, 4.69) is 17.0 Å². The van der Waals surface area contributed by atoms with Crippen molar-refractivity contribution in [2.75, 3.05) is 13.1 Å². The summed E-state index contributed by atoms with van der Waals surface area (Å²) in [6.07, 6.45) is 0.923. The van der Waals surface area contributed by atoms with E-state index in [0.717, 1.165) is 25.1 Å². The number of aryl methyl sites for hydroxylation is 1. The van der Waals surface area contributed by atoms with Crippen molar-refractivity contribution < 1.29 is 8.42 Å². The fourth-order valence-electron chi connectivity index (χ4n) is 2.74. The van der Waals surface area contributed by atoms with Crippen molar-refractivity contribution in [3.05, 3.63) is 29.8 Å². The molecule has 4 nitrogen and oxygen atoms in total. The maximum absolute atomic E-state index is 12.2. The van der Waals surface area contributed by atoms with E-state index in [9.17, 15) is 8.42 Å². The van der Waals surface area contributed by atoms with E-state index in [1.54, 1.807) is 12.1 Å². The van der Waals surface area contributed by atoms with Gasteiger partial charge in [-0.15, -0.1) is 0 Å². The Morgan fingerprint density at radius 1 is 1.22 bits per heavy atom. The highest BCUT2D eigenvalue weighted by atomic mass is 32.2. The zero-order valence-electron chi connectivity index (χ0n) is 10.4. The first-order valence-corrected chi connectivity index (χ1v) is 7.92. The van der Waals surface area contributed by atoms with Crippen molar-refractivity contribution in [3.8, 4) is 0 Å². The quantitative estimate of drug-likeness (QED) is 0.845. The van der Waals surface area contributed by atoms with Crippen LogP contribution in [0.3, 0.4) is 0 Å². The highest BCUT2D eigenvalue weighted by molar-refractivity contribution is 7.89. The SMILES string of the molecule is CCc1ccc(S(=O)(=O)NC2C3CNCC32)cc1. The lowest BCUT2D eigenvalue weighted by Gasteiger charge is -2.09. The van der Waals surface area contributed by atoms with Gasteiger partial charge in [-0.3, -0.25) is 0 Å². The maximum atomic E-state index is 12.2. The Labute approximate surface area is 108 Å². The topological polar surface area (TPSA) is 58.2 Å². The van der Waals surface area contributed by atoms with Crippen LogP contribution < -0.4 is 10.0 Å². The van der Waals surface area contributed by atoms with E-state index < -0.39 is 10.0 Å². The molecule has 1 aliphatic heterocycles. The zero-order valence-corrected chi connectivity index (χ0v) is 11.2. The second-order valence-electron chi connectivity index (χ2n) is 5.13. The summed E-state index contributed by atoms with van der Waals surface area (Å²) in [4.78, 5) is 0.373. The van der Waals surface area contributed by atoms with Crippen LogP contribution in [0.15, 0.2) is 29.2 Å². The molecule has 5 heteroatoms. The van der Waals surface area contributed by atoms with Crippen LogP contribution in [0.4, 0.5) is 0 Å². The molecule has 1 saturated carbocycles. The van der Waals surface area contributed by atoms with Gasteiger partial charge in [0.1, 0.15) is 0 Å². The fraction of sp³-hybridized carbons (Fsp3) is 0.538. The lowest BCUT2D eigenvalue weighted by Crippen LogP contribution is -2.32. The van der Waals surface area contributed by atoms with Crippen LogP contribution in [0.2, 0.25) is 0 Å². The molecule has 2 aliphatic rings. The molecule has 1 saturated heterocycles. The Balaban J connectivity index is 1.73. The lowest BCUT2D eigenvalue weighted by molar-refractivity contribution is 0.565. The number of hydrogen-bond donors (Lipinski definition) is 2. The maximum Gasteiger partial charge on any atom is 0.240 e. The summed E-state index contributed by atoms with van der Waals surface area (Å²) in [7, 11) is -3.34. The predicted octanol–water partition coefficient (Wildman–Crippen LogP) is 0.745. The number of rotatable bonds is 4. The molecule has 1 aliphatic carbocycles. The minimum atomic E-state index is -3.34. The predicted molar refractivity (Wildman–Crippen MR) is 69.8 cm³/mol. The van der Waals surface area contributed by atoms with Crippen molar-refractivity contribution in [2.45, 2.75) is 24.3 Å². The van der Waals surface area contributed by atoms with E-state index >= 15 is 0 Å². The van der Waals surface area contributed by atoms with Gasteiger partial charge < -0.3 is 5.32 Å². The fourth-order valence-corrected chi connectivity index (χ4v) is 4.08. The standard InChI is InChI=1S/C13H18N2O2S/c1-2-9-3-5-10(6-4-9)18(16,17)15-13-11-7-14-8-12(11)13/h3-6,11-15H,2,7-8H2,1H3. The van der Waals surface area contributed by atoms with E-state index in [0.29, 0.717) is 16.7 Å². The molecule has 1 aromatic rings. The van der Waals surface area contributed by atoms with Gasteiger partial charge in [0.2, 0.25) is 10.0 Å². The third-order valence-corrected chi connectivity index (χ3v) is 5.50. The molecular formula is C13H18N2O2S. The average Bonchev–Trinajstić information content (AvgIpc) is 2.80.